The van der Waals surface area contributed by atoms with Crippen molar-refractivity contribution >= 4 is 20.9 Å². The summed E-state index contributed by atoms with van der Waals surface area (Å²) in [5.74, 6) is 0. The predicted octanol–water partition coefficient (Wildman–Crippen LogP) is 1.89. The summed E-state index contributed by atoms with van der Waals surface area (Å²) >= 11 is 0. The molecule has 2 aromatic carbocycles. The molecule has 4 heteroatoms. The third-order valence-electron chi connectivity index (χ3n) is 1.93. The molecule has 0 saturated carbocycles. The Balaban J connectivity index is 2.75. The number of hydrogen-bond donors (Lipinski definition) is 1. The van der Waals surface area contributed by atoms with Crippen LogP contribution in [0.1, 0.15) is 0 Å². The van der Waals surface area contributed by atoms with E-state index in [4.69, 9.17) is 4.55 Å². The van der Waals surface area contributed by atoms with Crippen molar-refractivity contribution in [1.29, 1.82) is 0 Å². The predicted molar refractivity (Wildman–Crippen MR) is 52.6 cm³/mol. The van der Waals surface area contributed by atoms with Crippen LogP contribution in [0.3, 0.4) is 0 Å². The van der Waals surface area contributed by atoms with Crippen molar-refractivity contribution in [2.45, 2.75) is 4.90 Å². The van der Waals surface area contributed by atoms with Crippen molar-refractivity contribution in [3.05, 3.63) is 42.5 Å². The van der Waals surface area contributed by atoms with E-state index in [1.165, 1.54) is 6.07 Å². The van der Waals surface area contributed by atoms with Crippen molar-refractivity contribution < 1.29 is 13.0 Å². The average molecular weight is 207 g/mol. The summed E-state index contributed by atoms with van der Waals surface area (Å²) in [6.45, 7) is 0. The Morgan fingerprint density at radius 3 is 2.43 bits per heavy atom. The molecule has 2 rings (SSSR count). The molecule has 0 unspecified atom stereocenters. The van der Waals surface area contributed by atoms with E-state index < -0.39 is 10.1 Å². The van der Waals surface area contributed by atoms with Gasteiger partial charge in [0.05, 0.1) is 0 Å². The largest absolute Gasteiger partial charge is 0.295 e. The van der Waals surface area contributed by atoms with Crippen LogP contribution in [-0.4, -0.2) is 13.0 Å². The van der Waals surface area contributed by atoms with Gasteiger partial charge in [-0.25, -0.2) is 0 Å². The highest BCUT2D eigenvalue weighted by Gasteiger charge is 2.09. The summed E-state index contributed by atoms with van der Waals surface area (Å²) in [5.41, 5.74) is 0. The zero-order valence-electron chi connectivity index (χ0n) is 7.14. The Kier molecular flexibility index (Phi) is 2.02. The van der Waals surface area contributed by atoms with Crippen LogP contribution in [0.4, 0.5) is 0 Å². The zero-order valence-corrected chi connectivity index (χ0v) is 7.95. The molecule has 0 saturated heterocycles. The smallest absolute Gasteiger partial charge is 0.282 e. The number of rotatable bonds is 1. The Hall–Kier alpha value is -1.39. The van der Waals surface area contributed by atoms with Crippen LogP contribution in [0.25, 0.3) is 10.8 Å². The van der Waals surface area contributed by atoms with Gasteiger partial charge in [-0.15, -0.1) is 0 Å². The van der Waals surface area contributed by atoms with Crippen molar-refractivity contribution in [3.63, 3.8) is 0 Å². The summed E-state index contributed by atoms with van der Waals surface area (Å²) in [6.07, 6.45) is 0. The molecule has 0 aliphatic rings. The molecular weight excluding hydrogens is 200 g/mol. The van der Waals surface area contributed by atoms with Gasteiger partial charge < -0.3 is 0 Å². The fraction of sp³-hybridized carbons (Fsp3) is 0. The second-order valence-electron chi connectivity index (χ2n) is 2.90. The third kappa shape index (κ3) is 1.62. The Morgan fingerprint density at radius 2 is 1.79 bits per heavy atom. The van der Waals surface area contributed by atoms with Crippen LogP contribution < -0.4 is 0 Å². The van der Waals surface area contributed by atoms with E-state index in [1.807, 2.05) is 12.1 Å². The van der Waals surface area contributed by atoms with E-state index in [9.17, 15) is 8.42 Å². The fourth-order valence-electron chi connectivity index (χ4n) is 1.25. The summed E-state index contributed by atoms with van der Waals surface area (Å²) in [7, 11) is -4.15. The maximum atomic E-state index is 10.8. The van der Waals surface area contributed by atoms with E-state index in [0.29, 0.717) is 0 Å². The number of benzene rings is 2. The van der Waals surface area contributed by atoms with Crippen molar-refractivity contribution in [1.82, 2.24) is 0 Å². The standard InChI is InChI=1S/C10H7O3S/c11-14(12,13)10-6-5-8-3-1-2-4-9(8)7-10/h1-5,7H,(H,11,12,13). The first-order valence-electron chi connectivity index (χ1n) is 3.95. The molecule has 2 aromatic rings. The first-order valence-corrected chi connectivity index (χ1v) is 5.39. The Labute approximate surface area is 81.7 Å². The summed E-state index contributed by atoms with van der Waals surface area (Å²) in [4.78, 5) is -0.198. The fourth-order valence-corrected chi connectivity index (χ4v) is 1.74. The number of hydrogen-bond acceptors (Lipinski definition) is 2. The van der Waals surface area contributed by atoms with Gasteiger partial charge in [-0.05, 0) is 22.9 Å². The van der Waals surface area contributed by atoms with E-state index in [2.05, 4.69) is 6.07 Å². The molecular formula is C10H7O3S. The topological polar surface area (TPSA) is 54.4 Å². The van der Waals surface area contributed by atoms with Gasteiger partial charge in [0.2, 0.25) is 0 Å². The highest BCUT2D eigenvalue weighted by Crippen LogP contribution is 2.17. The quantitative estimate of drug-likeness (QED) is 0.726. The molecule has 0 atom stereocenters. The molecule has 0 aromatic heterocycles. The van der Waals surface area contributed by atoms with Gasteiger partial charge in [0.1, 0.15) is 4.90 Å². The highest BCUT2D eigenvalue weighted by molar-refractivity contribution is 7.85. The van der Waals surface area contributed by atoms with Crippen LogP contribution in [0.2, 0.25) is 0 Å². The minimum Gasteiger partial charge on any atom is -0.282 e. The van der Waals surface area contributed by atoms with Crippen molar-refractivity contribution in [3.8, 4) is 0 Å². The minimum atomic E-state index is -4.15. The van der Waals surface area contributed by atoms with Gasteiger partial charge in [-0.1, -0.05) is 24.3 Å². The van der Waals surface area contributed by atoms with E-state index in [-0.39, 0.29) is 4.90 Å². The van der Waals surface area contributed by atoms with Gasteiger partial charge in [0.25, 0.3) is 10.1 Å². The van der Waals surface area contributed by atoms with Crippen molar-refractivity contribution in [2.75, 3.05) is 0 Å². The second-order valence-corrected chi connectivity index (χ2v) is 4.29. The summed E-state index contributed by atoms with van der Waals surface area (Å²) in [6, 6.07) is 12.7. The van der Waals surface area contributed by atoms with E-state index >= 15 is 0 Å². The normalized spacial score (nSPS) is 11.8. The van der Waals surface area contributed by atoms with Crippen LogP contribution in [0, 0.1) is 6.07 Å². The van der Waals surface area contributed by atoms with Gasteiger partial charge in [-0.2, -0.15) is 8.42 Å². The zero-order chi connectivity index (χ0) is 10.2. The third-order valence-corrected chi connectivity index (χ3v) is 2.72. The molecule has 14 heavy (non-hydrogen) atoms. The van der Waals surface area contributed by atoms with Crippen LogP contribution in [0.5, 0.6) is 0 Å². The van der Waals surface area contributed by atoms with Crippen molar-refractivity contribution in [2.24, 2.45) is 0 Å². The lowest BCUT2D eigenvalue weighted by molar-refractivity contribution is 0.483. The van der Waals surface area contributed by atoms with Crippen LogP contribution in [-0.2, 0) is 10.1 Å². The molecule has 0 aliphatic heterocycles. The maximum absolute atomic E-state index is 10.8. The highest BCUT2D eigenvalue weighted by atomic mass is 32.2. The van der Waals surface area contributed by atoms with Crippen LogP contribution >= 0.6 is 0 Å². The molecule has 71 valence electrons. The summed E-state index contributed by atoms with van der Waals surface area (Å²) < 4.78 is 30.4. The molecule has 0 heterocycles. The first-order chi connectivity index (χ1) is 6.57. The first kappa shape index (κ1) is 9.18. The van der Waals surface area contributed by atoms with E-state index in [0.717, 1.165) is 10.8 Å². The second kappa shape index (κ2) is 3.08. The molecule has 0 fully saturated rings. The number of fused-ring (bicyclic) bond motifs is 1. The van der Waals surface area contributed by atoms with Gasteiger partial charge in [0, 0.05) is 6.07 Å². The van der Waals surface area contributed by atoms with Gasteiger partial charge in [-0.3, -0.25) is 4.55 Å². The lowest BCUT2D eigenvalue weighted by Gasteiger charge is -1.99. The summed E-state index contributed by atoms with van der Waals surface area (Å²) in [5, 5.41) is 1.65. The average Bonchev–Trinajstić information content (AvgIpc) is 2.16. The molecule has 1 radical (unpaired) electrons. The molecule has 0 aliphatic carbocycles. The van der Waals surface area contributed by atoms with Gasteiger partial charge >= 0.3 is 0 Å². The lowest BCUT2D eigenvalue weighted by Crippen LogP contribution is -1.97. The molecule has 3 nitrogen and oxygen atoms in total. The maximum Gasteiger partial charge on any atom is 0.295 e. The molecule has 0 bridgehead atoms. The minimum absolute atomic E-state index is 0.198. The molecule has 0 amide bonds. The monoisotopic (exact) mass is 207 g/mol. The Bertz CT molecular complexity index is 573. The lowest BCUT2D eigenvalue weighted by atomic mass is 10.1. The molecule has 1 N–H and O–H groups in total. The molecule has 0 spiro atoms. The van der Waals surface area contributed by atoms with Gasteiger partial charge in [0.15, 0.2) is 0 Å². The van der Waals surface area contributed by atoms with E-state index in [1.54, 1.807) is 18.2 Å². The van der Waals surface area contributed by atoms with Crippen LogP contribution in [0.15, 0.2) is 41.3 Å². The SMILES string of the molecule is O=S(=O)(O)c1[c]cc2ccccc2c1. The Morgan fingerprint density at radius 1 is 1.14 bits per heavy atom.